The van der Waals surface area contributed by atoms with Gasteiger partial charge in [-0.15, -0.1) is 0 Å². The first-order valence-corrected chi connectivity index (χ1v) is 8.14. The molecule has 1 rings (SSSR count). The summed E-state index contributed by atoms with van der Waals surface area (Å²) in [5, 5.41) is 3.65. The van der Waals surface area contributed by atoms with Crippen molar-refractivity contribution in [1.29, 1.82) is 0 Å². The summed E-state index contributed by atoms with van der Waals surface area (Å²) >= 11 is 0. The van der Waals surface area contributed by atoms with Crippen LogP contribution in [0.4, 0.5) is 0 Å². The first-order valence-electron chi connectivity index (χ1n) is 8.14. The van der Waals surface area contributed by atoms with Crippen molar-refractivity contribution in [1.82, 2.24) is 5.32 Å². The van der Waals surface area contributed by atoms with Gasteiger partial charge in [-0.05, 0) is 37.8 Å². The van der Waals surface area contributed by atoms with Crippen molar-refractivity contribution in [2.24, 2.45) is 0 Å². The van der Waals surface area contributed by atoms with E-state index in [-0.39, 0.29) is 0 Å². The van der Waals surface area contributed by atoms with E-state index in [4.69, 9.17) is 0 Å². The number of aryl methyl sites for hydroxylation is 1. The topological polar surface area (TPSA) is 12.0 Å². The number of unbranched alkanes of at least 4 members (excludes halogenated alkanes) is 3. The monoisotopic (exact) mass is 261 g/mol. The van der Waals surface area contributed by atoms with Gasteiger partial charge in [-0.25, -0.2) is 0 Å². The van der Waals surface area contributed by atoms with Crippen LogP contribution in [0.1, 0.15) is 64.4 Å². The van der Waals surface area contributed by atoms with Gasteiger partial charge in [-0.2, -0.15) is 0 Å². The van der Waals surface area contributed by atoms with Crippen LogP contribution in [-0.2, 0) is 6.42 Å². The predicted molar refractivity (Wildman–Crippen MR) is 85.6 cm³/mol. The highest BCUT2D eigenvalue weighted by Gasteiger charge is 2.06. The van der Waals surface area contributed by atoms with Crippen LogP contribution in [0.2, 0.25) is 0 Å². The molecular weight excluding hydrogens is 230 g/mol. The van der Waals surface area contributed by atoms with Gasteiger partial charge in [0.15, 0.2) is 0 Å². The lowest BCUT2D eigenvalue weighted by atomic mass is 10.00. The molecule has 108 valence electrons. The van der Waals surface area contributed by atoms with Crippen LogP contribution < -0.4 is 5.32 Å². The Balaban J connectivity index is 2.17. The average molecular weight is 261 g/mol. The van der Waals surface area contributed by atoms with Crippen molar-refractivity contribution >= 4 is 0 Å². The predicted octanol–water partition coefficient (Wildman–Crippen LogP) is 4.96. The zero-order chi connectivity index (χ0) is 13.8. The van der Waals surface area contributed by atoms with E-state index in [0.717, 1.165) is 12.6 Å². The molecule has 0 spiro atoms. The van der Waals surface area contributed by atoms with Crippen LogP contribution in [-0.4, -0.2) is 12.6 Å². The Morgan fingerprint density at radius 2 is 1.63 bits per heavy atom. The van der Waals surface area contributed by atoms with Gasteiger partial charge in [-0.3, -0.25) is 0 Å². The molecule has 0 saturated heterocycles. The van der Waals surface area contributed by atoms with Crippen molar-refractivity contribution in [2.45, 2.75) is 71.3 Å². The first kappa shape index (κ1) is 16.2. The third-order valence-electron chi connectivity index (χ3n) is 3.76. The molecule has 0 fully saturated rings. The van der Waals surface area contributed by atoms with Crippen LogP contribution >= 0.6 is 0 Å². The van der Waals surface area contributed by atoms with E-state index >= 15 is 0 Å². The Morgan fingerprint density at radius 3 is 2.32 bits per heavy atom. The Bertz CT molecular complexity index is 294. The van der Waals surface area contributed by atoms with Gasteiger partial charge in [0, 0.05) is 6.04 Å². The number of hydrogen-bond acceptors (Lipinski definition) is 1. The quantitative estimate of drug-likeness (QED) is 0.555. The highest BCUT2D eigenvalue weighted by molar-refractivity contribution is 5.14. The molecule has 0 radical (unpaired) electrons. The minimum Gasteiger partial charge on any atom is -0.314 e. The second-order valence-corrected chi connectivity index (χ2v) is 5.48. The fourth-order valence-electron chi connectivity index (χ4n) is 2.65. The summed E-state index contributed by atoms with van der Waals surface area (Å²) in [6.07, 6.45) is 10.7. The molecule has 0 aliphatic carbocycles. The summed E-state index contributed by atoms with van der Waals surface area (Å²) in [5.41, 5.74) is 1.48. The van der Waals surface area contributed by atoms with E-state index in [9.17, 15) is 0 Å². The van der Waals surface area contributed by atoms with Crippen molar-refractivity contribution in [3.05, 3.63) is 35.9 Å². The molecule has 1 N–H and O–H groups in total. The largest absolute Gasteiger partial charge is 0.314 e. The zero-order valence-corrected chi connectivity index (χ0v) is 12.8. The molecule has 1 unspecified atom stereocenters. The molecule has 1 heteroatoms. The molecule has 0 aliphatic rings. The van der Waals surface area contributed by atoms with Gasteiger partial charge >= 0.3 is 0 Å². The van der Waals surface area contributed by atoms with Gasteiger partial charge in [0.25, 0.3) is 0 Å². The van der Waals surface area contributed by atoms with Crippen molar-refractivity contribution < 1.29 is 0 Å². The summed E-state index contributed by atoms with van der Waals surface area (Å²) < 4.78 is 0. The summed E-state index contributed by atoms with van der Waals surface area (Å²) in [7, 11) is 0. The lowest BCUT2D eigenvalue weighted by Crippen LogP contribution is -2.28. The molecular formula is C18H31N. The van der Waals surface area contributed by atoms with E-state index in [1.165, 1.54) is 56.9 Å². The van der Waals surface area contributed by atoms with Crippen molar-refractivity contribution in [3.8, 4) is 0 Å². The minimum atomic E-state index is 0.727. The second kappa shape index (κ2) is 11.0. The minimum absolute atomic E-state index is 0.727. The molecule has 1 atom stereocenters. The van der Waals surface area contributed by atoms with Crippen molar-refractivity contribution in [3.63, 3.8) is 0 Å². The molecule has 0 bridgehead atoms. The summed E-state index contributed by atoms with van der Waals surface area (Å²) in [6, 6.07) is 11.6. The van der Waals surface area contributed by atoms with Crippen LogP contribution in [0.3, 0.4) is 0 Å². The first-order chi connectivity index (χ1) is 9.36. The Morgan fingerprint density at radius 1 is 0.895 bits per heavy atom. The highest BCUT2D eigenvalue weighted by Crippen LogP contribution is 2.12. The van der Waals surface area contributed by atoms with E-state index < -0.39 is 0 Å². The second-order valence-electron chi connectivity index (χ2n) is 5.48. The molecule has 19 heavy (non-hydrogen) atoms. The SMILES string of the molecule is CCCCCCC(CCCc1ccccc1)NCC. The van der Waals surface area contributed by atoms with Gasteiger partial charge in [0.2, 0.25) is 0 Å². The number of nitrogens with one attached hydrogen (secondary N) is 1. The van der Waals surface area contributed by atoms with Gasteiger partial charge in [0.05, 0.1) is 0 Å². The number of hydrogen-bond donors (Lipinski definition) is 1. The number of rotatable bonds is 11. The Kier molecular flexibility index (Phi) is 9.44. The highest BCUT2D eigenvalue weighted by atomic mass is 14.9. The third kappa shape index (κ3) is 8.05. The summed E-state index contributed by atoms with van der Waals surface area (Å²) in [5.74, 6) is 0. The molecule has 0 amide bonds. The van der Waals surface area contributed by atoms with Crippen LogP contribution in [0.15, 0.2) is 30.3 Å². The summed E-state index contributed by atoms with van der Waals surface area (Å²) in [4.78, 5) is 0. The van der Waals surface area contributed by atoms with E-state index in [0.29, 0.717) is 0 Å². The molecule has 0 aliphatic heterocycles. The van der Waals surface area contributed by atoms with Crippen molar-refractivity contribution in [2.75, 3.05) is 6.54 Å². The maximum atomic E-state index is 3.65. The molecule has 0 aromatic heterocycles. The number of benzene rings is 1. The van der Waals surface area contributed by atoms with Crippen LogP contribution in [0, 0.1) is 0 Å². The molecule has 1 aromatic carbocycles. The summed E-state index contributed by atoms with van der Waals surface area (Å²) in [6.45, 7) is 5.60. The zero-order valence-electron chi connectivity index (χ0n) is 12.8. The van der Waals surface area contributed by atoms with Crippen LogP contribution in [0.5, 0.6) is 0 Å². The average Bonchev–Trinajstić information content (AvgIpc) is 2.44. The maximum absolute atomic E-state index is 3.65. The molecule has 0 heterocycles. The lowest BCUT2D eigenvalue weighted by molar-refractivity contribution is 0.431. The standard InChI is InChI=1S/C18H31N/c1-3-5-6-10-15-18(19-4-2)16-11-14-17-12-8-7-9-13-17/h7-9,12-13,18-19H,3-6,10-11,14-16H2,1-2H3. The molecule has 1 aromatic rings. The Labute approximate surface area is 119 Å². The van der Waals surface area contributed by atoms with Gasteiger partial charge in [0.1, 0.15) is 0 Å². The lowest BCUT2D eigenvalue weighted by Gasteiger charge is -2.17. The fourth-order valence-corrected chi connectivity index (χ4v) is 2.65. The van der Waals surface area contributed by atoms with E-state index in [1.54, 1.807) is 0 Å². The van der Waals surface area contributed by atoms with Crippen LogP contribution in [0.25, 0.3) is 0 Å². The fraction of sp³-hybridized carbons (Fsp3) is 0.667. The third-order valence-corrected chi connectivity index (χ3v) is 3.76. The van der Waals surface area contributed by atoms with E-state index in [2.05, 4.69) is 49.5 Å². The van der Waals surface area contributed by atoms with E-state index in [1.807, 2.05) is 0 Å². The normalized spacial score (nSPS) is 12.5. The van der Waals surface area contributed by atoms with Gasteiger partial charge < -0.3 is 5.32 Å². The Hall–Kier alpha value is -0.820. The molecule has 1 nitrogen and oxygen atoms in total. The maximum Gasteiger partial charge on any atom is 0.00670 e. The smallest absolute Gasteiger partial charge is 0.00670 e. The van der Waals surface area contributed by atoms with Gasteiger partial charge in [-0.1, -0.05) is 69.9 Å². The molecule has 0 saturated carbocycles.